The van der Waals surface area contributed by atoms with Crippen LogP contribution in [-0.2, 0) is 13.5 Å². The van der Waals surface area contributed by atoms with Crippen molar-refractivity contribution in [1.82, 2.24) is 14.7 Å². The van der Waals surface area contributed by atoms with Gasteiger partial charge in [0.1, 0.15) is 17.4 Å². The number of benzene rings is 1. The normalized spacial score (nSPS) is 16.9. The van der Waals surface area contributed by atoms with Crippen molar-refractivity contribution in [1.29, 1.82) is 0 Å². The SMILES string of the molecule is CCc1ccc(OC2CN(C(C)C)C2)c2nn(C)cc12. The molecule has 0 aliphatic carbocycles. The number of ether oxygens (including phenoxy) is 1. The Hall–Kier alpha value is -1.55. The van der Waals surface area contributed by atoms with Crippen LogP contribution < -0.4 is 4.74 Å². The maximum atomic E-state index is 6.14. The summed E-state index contributed by atoms with van der Waals surface area (Å²) in [5.41, 5.74) is 2.33. The monoisotopic (exact) mass is 273 g/mol. The Morgan fingerprint density at radius 3 is 2.75 bits per heavy atom. The summed E-state index contributed by atoms with van der Waals surface area (Å²) in [5.74, 6) is 0.922. The molecule has 0 saturated carbocycles. The van der Waals surface area contributed by atoms with Gasteiger partial charge < -0.3 is 4.74 Å². The van der Waals surface area contributed by atoms with Gasteiger partial charge in [0, 0.05) is 37.8 Å². The van der Waals surface area contributed by atoms with E-state index in [-0.39, 0.29) is 0 Å². The summed E-state index contributed by atoms with van der Waals surface area (Å²) in [4.78, 5) is 2.42. The third kappa shape index (κ3) is 2.29. The molecular formula is C16H23N3O. The number of aromatic nitrogens is 2. The Labute approximate surface area is 120 Å². The lowest BCUT2D eigenvalue weighted by Gasteiger charge is -2.41. The molecule has 4 nitrogen and oxygen atoms in total. The molecule has 1 saturated heterocycles. The lowest BCUT2D eigenvalue weighted by molar-refractivity contribution is 0.000863. The van der Waals surface area contributed by atoms with Crippen LogP contribution in [0.2, 0.25) is 0 Å². The third-order valence-corrected chi connectivity index (χ3v) is 4.13. The second-order valence-corrected chi connectivity index (χ2v) is 5.93. The molecule has 0 N–H and O–H groups in total. The summed E-state index contributed by atoms with van der Waals surface area (Å²) >= 11 is 0. The van der Waals surface area contributed by atoms with Crippen molar-refractivity contribution in [3.63, 3.8) is 0 Å². The first-order valence-corrected chi connectivity index (χ1v) is 7.44. The van der Waals surface area contributed by atoms with Crippen molar-refractivity contribution in [3.05, 3.63) is 23.9 Å². The minimum absolute atomic E-state index is 0.301. The molecule has 0 amide bonds. The zero-order chi connectivity index (χ0) is 14.3. The van der Waals surface area contributed by atoms with E-state index < -0.39 is 0 Å². The van der Waals surface area contributed by atoms with E-state index in [1.807, 2.05) is 11.7 Å². The Morgan fingerprint density at radius 1 is 1.35 bits per heavy atom. The van der Waals surface area contributed by atoms with E-state index in [2.05, 4.69) is 49.1 Å². The van der Waals surface area contributed by atoms with Crippen LogP contribution >= 0.6 is 0 Å². The van der Waals surface area contributed by atoms with Crippen molar-refractivity contribution < 1.29 is 4.74 Å². The van der Waals surface area contributed by atoms with Gasteiger partial charge in [0.05, 0.1) is 0 Å². The van der Waals surface area contributed by atoms with Gasteiger partial charge in [0.15, 0.2) is 0 Å². The number of rotatable bonds is 4. The first kappa shape index (κ1) is 13.4. The van der Waals surface area contributed by atoms with Gasteiger partial charge in [-0.15, -0.1) is 0 Å². The number of fused-ring (bicyclic) bond motifs is 1. The summed E-state index contributed by atoms with van der Waals surface area (Å²) in [7, 11) is 1.97. The lowest BCUT2D eigenvalue weighted by Crippen LogP contribution is -2.56. The predicted octanol–water partition coefficient (Wildman–Crippen LogP) is 2.61. The number of hydrogen-bond acceptors (Lipinski definition) is 3. The van der Waals surface area contributed by atoms with Crippen LogP contribution in [0.15, 0.2) is 18.3 Å². The molecule has 0 bridgehead atoms. The molecule has 1 aromatic heterocycles. The van der Waals surface area contributed by atoms with E-state index >= 15 is 0 Å². The second-order valence-electron chi connectivity index (χ2n) is 5.93. The van der Waals surface area contributed by atoms with Crippen molar-refractivity contribution in [3.8, 4) is 5.75 Å². The molecule has 0 atom stereocenters. The quantitative estimate of drug-likeness (QED) is 0.858. The zero-order valence-corrected chi connectivity index (χ0v) is 12.8. The highest BCUT2D eigenvalue weighted by molar-refractivity contribution is 5.87. The molecule has 3 rings (SSSR count). The van der Waals surface area contributed by atoms with Gasteiger partial charge in [-0.1, -0.05) is 13.0 Å². The molecule has 1 aromatic carbocycles. The first-order chi connectivity index (χ1) is 9.58. The number of hydrogen-bond donors (Lipinski definition) is 0. The highest BCUT2D eigenvalue weighted by atomic mass is 16.5. The molecule has 0 unspecified atom stereocenters. The standard InChI is InChI=1S/C16H23N3O/c1-5-12-6-7-15(16-14(12)10-18(4)17-16)20-13-8-19(9-13)11(2)3/h6-7,10-11,13H,5,8-9H2,1-4H3. The average Bonchev–Trinajstić information content (AvgIpc) is 2.74. The summed E-state index contributed by atoms with van der Waals surface area (Å²) in [6.45, 7) is 8.66. The van der Waals surface area contributed by atoms with E-state index in [9.17, 15) is 0 Å². The van der Waals surface area contributed by atoms with E-state index in [1.54, 1.807) is 0 Å². The largest absolute Gasteiger partial charge is 0.485 e. The van der Waals surface area contributed by atoms with Gasteiger partial charge in [-0.3, -0.25) is 9.58 Å². The highest BCUT2D eigenvalue weighted by Crippen LogP contribution is 2.30. The van der Waals surface area contributed by atoms with E-state index in [4.69, 9.17) is 4.74 Å². The second kappa shape index (κ2) is 5.09. The van der Waals surface area contributed by atoms with E-state index in [1.165, 1.54) is 10.9 Å². The van der Waals surface area contributed by atoms with Crippen LogP contribution in [0.3, 0.4) is 0 Å². The fraction of sp³-hybridized carbons (Fsp3) is 0.562. The summed E-state index contributed by atoms with van der Waals surface area (Å²) in [5, 5.41) is 5.78. The molecule has 108 valence electrons. The van der Waals surface area contributed by atoms with Crippen LogP contribution in [0.1, 0.15) is 26.3 Å². The Morgan fingerprint density at radius 2 is 2.10 bits per heavy atom. The van der Waals surface area contributed by atoms with Crippen LogP contribution in [0, 0.1) is 0 Å². The minimum atomic E-state index is 0.301. The molecule has 0 spiro atoms. The van der Waals surface area contributed by atoms with Crippen molar-refractivity contribution in [2.24, 2.45) is 7.05 Å². The number of nitrogens with zero attached hydrogens (tertiary/aromatic N) is 3. The third-order valence-electron chi connectivity index (χ3n) is 4.13. The van der Waals surface area contributed by atoms with Crippen molar-refractivity contribution >= 4 is 10.9 Å². The zero-order valence-electron chi connectivity index (χ0n) is 12.8. The van der Waals surface area contributed by atoms with Gasteiger partial charge in [0.2, 0.25) is 0 Å². The van der Waals surface area contributed by atoms with Crippen LogP contribution in [0.5, 0.6) is 5.75 Å². The van der Waals surface area contributed by atoms with Crippen LogP contribution in [-0.4, -0.2) is 39.9 Å². The Kier molecular flexibility index (Phi) is 3.42. The molecule has 2 aromatic rings. The predicted molar refractivity (Wildman–Crippen MR) is 81.2 cm³/mol. The van der Waals surface area contributed by atoms with Gasteiger partial charge in [0.25, 0.3) is 0 Å². The topological polar surface area (TPSA) is 30.3 Å². The molecule has 2 heterocycles. The molecule has 20 heavy (non-hydrogen) atoms. The van der Waals surface area contributed by atoms with Crippen LogP contribution in [0.4, 0.5) is 0 Å². The van der Waals surface area contributed by atoms with Gasteiger partial charge in [-0.2, -0.15) is 5.10 Å². The summed E-state index contributed by atoms with van der Waals surface area (Å²) in [6.07, 6.45) is 3.41. The summed E-state index contributed by atoms with van der Waals surface area (Å²) < 4.78 is 8.01. The van der Waals surface area contributed by atoms with E-state index in [0.29, 0.717) is 12.1 Å². The number of aryl methyl sites for hydroxylation is 2. The number of likely N-dealkylation sites (tertiary alicyclic amines) is 1. The molecule has 0 radical (unpaired) electrons. The summed E-state index contributed by atoms with van der Waals surface area (Å²) in [6, 6.07) is 4.84. The average molecular weight is 273 g/mol. The first-order valence-electron chi connectivity index (χ1n) is 7.44. The molecule has 1 fully saturated rings. The van der Waals surface area contributed by atoms with Crippen molar-refractivity contribution in [2.75, 3.05) is 13.1 Å². The van der Waals surface area contributed by atoms with E-state index in [0.717, 1.165) is 30.8 Å². The lowest BCUT2D eigenvalue weighted by atomic mass is 10.1. The Bertz CT molecular complexity index is 611. The molecule has 4 heteroatoms. The van der Waals surface area contributed by atoms with Gasteiger partial charge in [-0.05, 0) is 31.9 Å². The fourth-order valence-electron chi connectivity index (χ4n) is 2.80. The maximum Gasteiger partial charge on any atom is 0.147 e. The highest BCUT2D eigenvalue weighted by Gasteiger charge is 2.30. The fourth-order valence-corrected chi connectivity index (χ4v) is 2.80. The van der Waals surface area contributed by atoms with Gasteiger partial charge >= 0.3 is 0 Å². The smallest absolute Gasteiger partial charge is 0.147 e. The Balaban J connectivity index is 1.82. The molecular weight excluding hydrogens is 250 g/mol. The van der Waals surface area contributed by atoms with Gasteiger partial charge in [-0.25, -0.2) is 0 Å². The molecule has 1 aliphatic rings. The minimum Gasteiger partial charge on any atom is -0.485 e. The van der Waals surface area contributed by atoms with Crippen molar-refractivity contribution in [2.45, 2.75) is 39.3 Å². The maximum absolute atomic E-state index is 6.14. The van der Waals surface area contributed by atoms with Crippen LogP contribution in [0.25, 0.3) is 10.9 Å². The molecule has 1 aliphatic heterocycles.